The van der Waals surface area contributed by atoms with E-state index in [-0.39, 0.29) is 24.6 Å². The Labute approximate surface area is 177 Å². The molecule has 30 heavy (non-hydrogen) atoms. The molecule has 0 aromatic heterocycles. The van der Waals surface area contributed by atoms with Crippen LogP contribution in [0.4, 0.5) is 0 Å². The first-order valence-corrected chi connectivity index (χ1v) is 11.3. The van der Waals surface area contributed by atoms with Gasteiger partial charge in [0.05, 0.1) is 25.2 Å². The monoisotopic (exact) mass is 442 g/mol. The van der Waals surface area contributed by atoms with Crippen molar-refractivity contribution in [1.29, 1.82) is 0 Å². The molecule has 2 N–H and O–H groups in total. The van der Waals surface area contributed by atoms with Gasteiger partial charge in [0.25, 0.3) is 0 Å². The molecule has 0 bridgehead atoms. The van der Waals surface area contributed by atoms with Crippen LogP contribution in [0.5, 0.6) is 5.75 Å². The minimum Gasteiger partial charge on any atom is -0.497 e. The molecule has 1 aromatic carbocycles. The lowest BCUT2D eigenvalue weighted by atomic mass is 10.3. The molecule has 1 aliphatic rings. The number of rotatable bonds is 10. The highest BCUT2D eigenvalue weighted by atomic mass is 32.2. The van der Waals surface area contributed by atoms with Crippen molar-refractivity contribution in [1.82, 2.24) is 19.8 Å². The Hall–Kier alpha value is -2.21. The summed E-state index contributed by atoms with van der Waals surface area (Å²) in [6.45, 7) is 6.98. The number of carbonyl (C=O) groups is 2. The summed E-state index contributed by atoms with van der Waals surface area (Å²) < 4.78 is 37.5. The second kappa shape index (κ2) is 11.3. The van der Waals surface area contributed by atoms with Crippen molar-refractivity contribution in [2.24, 2.45) is 0 Å². The minimum absolute atomic E-state index is 0.0965. The van der Waals surface area contributed by atoms with Gasteiger partial charge in [-0.1, -0.05) is 13.8 Å². The maximum atomic E-state index is 12.9. The number of nitrogens with zero attached hydrogens (tertiary/aromatic N) is 2. The van der Waals surface area contributed by atoms with E-state index < -0.39 is 28.1 Å². The fraction of sp³-hybridized carbons (Fsp3) is 0.579. The standard InChI is InChI=1S/C19H30N4O6S/c1-4-22(5-2)11-10-20-18(24)19(25)21-14-17-23(12-13-29-17)30(26,27)16-8-6-15(28-3)7-9-16/h6-9,17H,4-5,10-14H2,1-3H3,(H,20,24)(H,21,25). The van der Waals surface area contributed by atoms with Gasteiger partial charge < -0.3 is 25.0 Å². The molecule has 10 nitrogen and oxygen atoms in total. The molecule has 1 unspecified atom stereocenters. The maximum absolute atomic E-state index is 12.9. The summed E-state index contributed by atoms with van der Waals surface area (Å²) in [5.41, 5.74) is 0. The van der Waals surface area contributed by atoms with Gasteiger partial charge in [0.2, 0.25) is 10.0 Å². The molecule has 1 aromatic rings. The highest BCUT2D eigenvalue weighted by molar-refractivity contribution is 7.89. The lowest BCUT2D eigenvalue weighted by Gasteiger charge is -2.23. The number of sulfonamides is 1. The lowest BCUT2D eigenvalue weighted by Crippen LogP contribution is -2.48. The number of hydrogen-bond acceptors (Lipinski definition) is 7. The normalized spacial score (nSPS) is 17.1. The molecule has 168 valence electrons. The molecule has 0 saturated carbocycles. The van der Waals surface area contributed by atoms with Crippen molar-refractivity contribution in [3.63, 3.8) is 0 Å². The predicted molar refractivity (Wildman–Crippen MR) is 110 cm³/mol. The zero-order chi connectivity index (χ0) is 22.1. The second-order valence-corrected chi connectivity index (χ2v) is 8.50. The molecule has 1 heterocycles. The summed E-state index contributed by atoms with van der Waals surface area (Å²) in [6.07, 6.45) is -0.885. The van der Waals surface area contributed by atoms with Gasteiger partial charge in [-0.2, -0.15) is 4.31 Å². The van der Waals surface area contributed by atoms with Crippen LogP contribution in [0.3, 0.4) is 0 Å². The number of ether oxygens (including phenoxy) is 2. The third-order valence-electron chi connectivity index (χ3n) is 4.86. The molecule has 1 fully saturated rings. The summed E-state index contributed by atoms with van der Waals surface area (Å²) in [7, 11) is -2.32. The number of carbonyl (C=O) groups excluding carboxylic acids is 2. The minimum atomic E-state index is -3.82. The molecule has 2 rings (SSSR count). The van der Waals surface area contributed by atoms with Crippen LogP contribution in [-0.4, -0.2) is 88.7 Å². The third-order valence-corrected chi connectivity index (χ3v) is 6.76. The Morgan fingerprint density at radius 1 is 1.17 bits per heavy atom. The van der Waals surface area contributed by atoms with E-state index in [2.05, 4.69) is 15.5 Å². The Kier molecular flexibility index (Phi) is 9.03. The number of hydrogen-bond donors (Lipinski definition) is 2. The van der Waals surface area contributed by atoms with Crippen molar-refractivity contribution in [2.75, 3.05) is 53.0 Å². The van der Waals surface area contributed by atoms with E-state index in [0.29, 0.717) is 18.8 Å². The molecular formula is C19H30N4O6S. The van der Waals surface area contributed by atoms with E-state index in [9.17, 15) is 18.0 Å². The largest absolute Gasteiger partial charge is 0.497 e. The smallest absolute Gasteiger partial charge is 0.309 e. The summed E-state index contributed by atoms with van der Waals surface area (Å²) >= 11 is 0. The van der Waals surface area contributed by atoms with Gasteiger partial charge in [-0.05, 0) is 37.4 Å². The van der Waals surface area contributed by atoms with Gasteiger partial charge in [-0.3, -0.25) is 9.59 Å². The third kappa shape index (κ3) is 6.14. The van der Waals surface area contributed by atoms with Gasteiger partial charge >= 0.3 is 11.8 Å². The van der Waals surface area contributed by atoms with Crippen LogP contribution in [0.2, 0.25) is 0 Å². The molecule has 2 amide bonds. The Balaban J connectivity index is 1.89. The van der Waals surface area contributed by atoms with E-state index in [0.717, 1.165) is 13.1 Å². The number of benzene rings is 1. The quantitative estimate of drug-likeness (QED) is 0.474. The summed E-state index contributed by atoms with van der Waals surface area (Å²) in [4.78, 5) is 26.2. The van der Waals surface area contributed by atoms with Gasteiger partial charge in [0.1, 0.15) is 12.0 Å². The molecule has 11 heteroatoms. The second-order valence-electron chi connectivity index (χ2n) is 6.61. The molecule has 1 saturated heterocycles. The van der Waals surface area contributed by atoms with Crippen LogP contribution < -0.4 is 15.4 Å². The van der Waals surface area contributed by atoms with Gasteiger partial charge in [-0.25, -0.2) is 8.42 Å². The van der Waals surface area contributed by atoms with Crippen molar-refractivity contribution < 1.29 is 27.5 Å². The summed E-state index contributed by atoms with van der Waals surface area (Å²) in [6, 6.07) is 6.02. The number of nitrogens with one attached hydrogen (secondary N) is 2. The van der Waals surface area contributed by atoms with Crippen LogP contribution in [0.15, 0.2) is 29.2 Å². The average Bonchev–Trinajstić information content (AvgIpc) is 3.24. The Morgan fingerprint density at radius 3 is 2.40 bits per heavy atom. The van der Waals surface area contributed by atoms with E-state index in [1.807, 2.05) is 13.8 Å². The summed E-state index contributed by atoms with van der Waals surface area (Å²) in [5, 5.41) is 5.00. The van der Waals surface area contributed by atoms with Crippen LogP contribution >= 0.6 is 0 Å². The fourth-order valence-corrected chi connectivity index (χ4v) is 4.54. The van der Waals surface area contributed by atoms with Crippen LogP contribution in [0.1, 0.15) is 13.8 Å². The van der Waals surface area contributed by atoms with E-state index in [1.54, 1.807) is 12.1 Å². The molecule has 0 radical (unpaired) electrons. The zero-order valence-electron chi connectivity index (χ0n) is 17.6. The van der Waals surface area contributed by atoms with E-state index in [1.165, 1.54) is 23.5 Å². The molecule has 0 aliphatic carbocycles. The predicted octanol–water partition coefficient (Wildman–Crippen LogP) is -0.384. The molecule has 1 aliphatic heterocycles. The first-order chi connectivity index (χ1) is 14.3. The van der Waals surface area contributed by atoms with Crippen molar-refractivity contribution in [2.45, 2.75) is 25.0 Å². The Bertz CT molecular complexity index is 811. The van der Waals surface area contributed by atoms with Gasteiger partial charge in [0.15, 0.2) is 0 Å². The highest BCUT2D eigenvalue weighted by Crippen LogP contribution is 2.23. The van der Waals surface area contributed by atoms with Crippen molar-refractivity contribution >= 4 is 21.8 Å². The van der Waals surface area contributed by atoms with E-state index in [4.69, 9.17) is 9.47 Å². The van der Waals surface area contributed by atoms with Gasteiger partial charge in [0, 0.05) is 19.6 Å². The van der Waals surface area contributed by atoms with Crippen LogP contribution in [0, 0.1) is 0 Å². The van der Waals surface area contributed by atoms with E-state index >= 15 is 0 Å². The number of methoxy groups -OCH3 is 1. The molecule has 0 spiro atoms. The van der Waals surface area contributed by atoms with Crippen molar-refractivity contribution in [3.05, 3.63) is 24.3 Å². The van der Waals surface area contributed by atoms with Crippen LogP contribution in [-0.2, 0) is 24.3 Å². The average molecular weight is 443 g/mol. The first kappa shape index (κ1) is 24.1. The lowest BCUT2D eigenvalue weighted by molar-refractivity contribution is -0.139. The van der Waals surface area contributed by atoms with Gasteiger partial charge in [-0.15, -0.1) is 0 Å². The Morgan fingerprint density at radius 2 is 1.80 bits per heavy atom. The number of amides is 2. The first-order valence-electron chi connectivity index (χ1n) is 9.89. The van der Waals surface area contributed by atoms with Crippen LogP contribution in [0.25, 0.3) is 0 Å². The topological polar surface area (TPSA) is 117 Å². The highest BCUT2D eigenvalue weighted by Gasteiger charge is 2.36. The molecular weight excluding hydrogens is 412 g/mol. The number of likely N-dealkylation sites (N-methyl/N-ethyl adjacent to an activating group) is 1. The summed E-state index contributed by atoms with van der Waals surface area (Å²) in [5.74, 6) is -1.04. The zero-order valence-corrected chi connectivity index (χ0v) is 18.4. The molecule has 1 atom stereocenters. The fourth-order valence-electron chi connectivity index (χ4n) is 3.03. The maximum Gasteiger partial charge on any atom is 0.309 e. The van der Waals surface area contributed by atoms with Crippen molar-refractivity contribution in [3.8, 4) is 5.75 Å². The SMILES string of the molecule is CCN(CC)CCNC(=O)C(=O)NCC1OCCN1S(=O)(=O)c1ccc(OC)cc1.